The Bertz CT molecular complexity index is 872. The minimum atomic E-state index is -0.0306. The van der Waals surface area contributed by atoms with E-state index in [4.69, 9.17) is 4.42 Å². The Morgan fingerprint density at radius 3 is 2.69 bits per heavy atom. The van der Waals surface area contributed by atoms with Crippen molar-refractivity contribution in [2.45, 2.75) is 25.3 Å². The van der Waals surface area contributed by atoms with E-state index in [9.17, 15) is 4.79 Å². The largest absolute Gasteiger partial charge is 0.463 e. The molecule has 0 saturated heterocycles. The molecule has 1 amide bonds. The van der Waals surface area contributed by atoms with Crippen molar-refractivity contribution in [1.29, 1.82) is 0 Å². The second-order valence-corrected chi connectivity index (χ2v) is 6.73. The molecule has 4 heteroatoms. The van der Waals surface area contributed by atoms with E-state index in [0.29, 0.717) is 6.54 Å². The molecule has 0 bridgehead atoms. The highest BCUT2D eigenvalue weighted by Crippen LogP contribution is 2.24. The van der Waals surface area contributed by atoms with Gasteiger partial charge in [0.05, 0.1) is 6.26 Å². The number of carbonyl (C=O) groups is 1. The number of benzene rings is 2. The SMILES string of the molecule is O=C(C[NH2+][C@H](c1ccccc1)c1ccco1)Nc1ccc2c(c1)CCC2. The van der Waals surface area contributed by atoms with E-state index in [-0.39, 0.29) is 11.9 Å². The van der Waals surface area contributed by atoms with E-state index in [1.54, 1.807) is 6.26 Å². The van der Waals surface area contributed by atoms with Gasteiger partial charge >= 0.3 is 0 Å². The summed E-state index contributed by atoms with van der Waals surface area (Å²) < 4.78 is 5.59. The average molecular weight is 347 g/mol. The van der Waals surface area contributed by atoms with Gasteiger partial charge < -0.3 is 15.1 Å². The van der Waals surface area contributed by atoms with Gasteiger partial charge in [-0.1, -0.05) is 36.4 Å². The lowest BCUT2D eigenvalue weighted by molar-refractivity contribution is -0.678. The number of hydrogen-bond donors (Lipinski definition) is 2. The summed E-state index contributed by atoms with van der Waals surface area (Å²) in [7, 11) is 0. The molecule has 1 aliphatic rings. The number of quaternary nitrogens is 1. The lowest BCUT2D eigenvalue weighted by Crippen LogP contribution is -2.87. The predicted molar refractivity (Wildman–Crippen MR) is 101 cm³/mol. The molecule has 0 unspecified atom stereocenters. The minimum absolute atomic E-state index is 0.00423. The van der Waals surface area contributed by atoms with Gasteiger partial charge in [-0.05, 0) is 54.7 Å². The van der Waals surface area contributed by atoms with Gasteiger partial charge in [-0.3, -0.25) is 4.79 Å². The van der Waals surface area contributed by atoms with E-state index >= 15 is 0 Å². The van der Waals surface area contributed by atoms with Gasteiger partial charge in [-0.15, -0.1) is 0 Å². The van der Waals surface area contributed by atoms with Gasteiger partial charge in [0.25, 0.3) is 5.91 Å². The van der Waals surface area contributed by atoms with Crippen molar-refractivity contribution in [3.8, 4) is 0 Å². The smallest absolute Gasteiger partial charge is 0.279 e. The summed E-state index contributed by atoms with van der Waals surface area (Å²) in [6.45, 7) is 0.331. The van der Waals surface area contributed by atoms with Gasteiger partial charge in [0.1, 0.15) is 0 Å². The second kappa shape index (κ2) is 7.58. The number of fused-ring (bicyclic) bond motifs is 1. The van der Waals surface area contributed by atoms with Crippen molar-refractivity contribution in [2.24, 2.45) is 0 Å². The maximum absolute atomic E-state index is 12.4. The van der Waals surface area contributed by atoms with Crippen LogP contribution >= 0.6 is 0 Å². The van der Waals surface area contributed by atoms with Gasteiger partial charge in [-0.25, -0.2) is 0 Å². The number of amides is 1. The molecule has 4 rings (SSSR count). The quantitative estimate of drug-likeness (QED) is 0.720. The fourth-order valence-electron chi connectivity index (χ4n) is 3.63. The molecule has 3 aromatic rings. The van der Waals surface area contributed by atoms with Gasteiger partial charge in [0, 0.05) is 11.3 Å². The minimum Gasteiger partial charge on any atom is -0.463 e. The normalized spacial score (nSPS) is 14.0. The molecule has 0 saturated carbocycles. The lowest BCUT2D eigenvalue weighted by Gasteiger charge is -2.14. The summed E-state index contributed by atoms with van der Waals surface area (Å²) in [4.78, 5) is 12.4. The van der Waals surface area contributed by atoms with Crippen LogP contribution < -0.4 is 10.6 Å². The summed E-state index contributed by atoms with van der Waals surface area (Å²) >= 11 is 0. The number of carbonyl (C=O) groups excluding carboxylic acids is 1. The van der Waals surface area contributed by atoms with Gasteiger partial charge in [0.2, 0.25) is 0 Å². The molecule has 0 fully saturated rings. The van der Waals surface area contributed by atoms with E-state index in [1.807, 2.05) is 41.7 Å². The number of nitrogens with one attached hydrogen (secondary N) is 1. The third-order valence-electron chi connectivity index (χ3n) is 4.93. The zero-order valence-corrected chi connectivity index (χ0v) is 14.7. The zero-order chi connectivity index (χ0) is 17.8. The summed E-state index contributed by atoms with van der Waals surface area (Å²) in [5, 5.41) is 5.03. The number of furan rings is 1. The molecule has 1 aromatic heterocycles. The number of nitrogens with two attached hydrogens (primary N) is 1. The first-order valence-electron chi connectivity index (χ1n) is 9.13. The van der Waals surface area contributed by atoms with Crippen LogP contribution in [0, 0.1) is 0 Å². The number of anilines is 1. The molecular formula is C22H23N2O2+. The van der Waals surface area contributed by atoms with Crippen molar-refractivity contribution in [3.63, 3.8) is 0 Å². The Kier molecular flexibility index (Phi) is 4.84. The van der Waals surface area contributed by atoms with E-state index in [1.165, 1.54) is 17.5 Å². The lowest BCUT2D eigenvalue weighted by atomic mass is 10.0. The predicted octanol–water partition coefficient (Wildman–Crippen LogP) is 3.06. The van der Waals surface area contributed by atoms with Gasteiger partial charge in [0.15, 0.2) is 18.3 Å². The molecule has 3 N–H and O–H groups in total. The van der Waals surface area contributed by atoms with Crippen molar-refractivity contribution in [1.82, 2.24) is 0 Å². The maximum Gasteiger partial charge on any atom is 0.279 e. The summed E-state index contributed by atoms with van der Waals surface area (Å²) in [6, 6.07) is 20.2. The van der Waals surface area contributed by atoms with Crippen molar-refractivity contribution < 1.29 is 14.5 Å². The molecule has 26 heavy (non-hydrogen) atoms. The molecular weight excluding hydrogens is 324 g/mol. The fourth-order valence-corrected chi connectivity index (χ4v) is 3.63. The Labute approximate surface area is 153 Å². The fraction of sp³-hybridized carbons (Fsp3) is 0.227. The summed E-state index contributed by atoms with van der Waals surface area (Å²) in [6.07, 6.45) is 5.14. The van der Waals surface area contributed by atoms with Crippen LogP contribution in [0.25, 0.3) is 0 Å². The third-order valence-corrected chi connectivity index (χ3v) is 4.93. The van der Waals surface area contributed by atoms with Gasteiger partial charge in [-0.2, -0.15) is 0 Å². The van der Waals surface area contributed by atoms with Crippen LogP contribution in [-0.4, -0.2) is 12.5 Å². The molecule has 1 aliphatic carbocycles. The highest BCUT2D eigenvalue weighted by atomic mass is 16.3. The third kappa shape index (κ3) is 3.70. The van der Waals surface area contributed by atoms with E-state index < -0.39 is 0 Å². The Balaban J connectivity index is 1.42. The van der Waals surface area contributed by atoms with Crippen LogP contribution in [0.15, 0.2) is 71.3 Å². The number of hydrogen-bond acceptors (Lipinski definition) is 2. The van der Waals surface area contributed by atoms with E-state index in [2.05, 4.69) is 29.6 Å². The molecule has 0 spiro atoms. The molecule has 1 atom stereocenters. The van der Waals surface area contributed by atoms with Crippen molar-refractivity contribution >= 4 is 11.6 Å². The Morgan fingerprint density at radius 2 is 1.88 bits per heavy atom. The molecule has 0 radical (unpaired) electrons. The molecule has 0 aliphatic heterocycles. The van der Waals surface area contributed by atoms with Crippen LogP contribution in [0.2, 0.25) is 0 Å². The topological polar surface area (TPSA) is 58.9 Å². The summed E-state index contributed by atoms with van der Waals surface area (Å²) in [5.41, 5.74) is 4.78. The van der Waals surface area contributed by atoms with Crippen LogP contribution in [-0.2, 0) is 17.6 Å². The Morgan fingerprint density at radius 1 is 1.04 bits per heavy atom. The first kappa shape index (κ1) is 16.6. The second-order valence-electron chi connectivity index (χ2n) is 6.73. The van der Waals surface area contributed by atoms with Crippen molar-refractivity contribution in [3.05, 3.63) is 89.4 Å². The van der Waals surface area contributed by atoms with Crippen molar-refractivity contribution in [2.75, 3.05) is 11.9 Å². The molecule has 4 nitrogen and oxygen atoms in total. The van der Waals surface area contributed by atoms with Crippen LogP contribution in [0.4, 0.5) is 5.69 Å². The molecule has 1 heterocycles. The van der Waals surface area contributed by atoms with Crippen LogP contribution in [0.5, 0.6) is 0 Å². The standard InChI is InChI=1S/C22H22N2O2/c25-21(24-19-12-11-16-8-4-9-18(16)14-19)15-23-22(20-10-5-13-26-20)17-6-2-1-3-7-17/h1-3,5-7,10-14,22-23H,4,8-9,15H2,(H,24,25)/p+1/t22-/m1/s1. The highest BCUT2D eigenvalue weighted by Gasteiger charge is 2.21. The molecule has 2 aromatic carbocycles. The first-order valence-corrected chi connectivity index (χ1v) is 9.13. The number of aryl methyl sites for hydroxylation is 2. The number of rotatable bonds is 6. The monoisotopic (exact) mass is 347 g/mol. The highest BCUT2D eigenvalue weighted by molar-refractivity contribution is 5.91. The van der Waals surface area contributed by atoms with E-state index in [0.717, 1.165) is 29.9 Å². The average Bonchev–Trinajstić information content (AvgIpc) is 3.34. The first-order chi connectivity index (χ1) is 12.8. The maximum atomic E-state index is 12.4. The Hall–Kier alpha value is -2.85. The van der Waals surface area contributed by atoms with Crippen LogP contribution in [0.1, 0.15) is 34.9 Å². The molecule has 132 valence electrons. The zero-order valence-electron chi connectivity index (χ0n) is 14.7. The summed E-state index contributed by atoms with van der Waals surface area (Å²) in [5.74, 6) is 0.844. The van der Waals surface area contributed by atoms with Crippen LogP contribution in [0.3, 0.4) is 0 Å².